The van der Waals surface area contributed by atoms with E-state index in [1.807, 2.05) is 4.90 Å². The van der Waals surface area contributed by atoms with E-state index >= 15 is 0 Å². The summed E-state index contributed by atoms with van der Waals surface area (Å²) in [5.41, 5.74) is 0.445. The average Bonchev–Trinajstić information content (AvgIpc) is 3.56. The Hall–Kier alpha value is -2.77. The number of halogens is 2. The second kappa shape index (κ2) is 8.77. The van der Waals surface area contributed by atoms with Crippen LogP contribution in [0.1, 0.15) is 24.0 Å². The molecule has 7 nitrogen and oxygen atoms in total. The van der Waals surface area contributed by atoms with Gasteiger partial charge in [0.15, 0.2) is 0 Å². The maximum absolute atomic E-state index is 14.3. The van der Waals surface area contributed by atoms with Crippen molar-refractivity contribution in [2.24, 2.45) is 5.92 Å². The molecule has 1 aromatic heterocycles. The Morgan fingerprint density at radius 1 is 1.23 bits per heavy atom. The normalized spacial score (nSPS) is 16.7. The molecule has 0 unspecified atom stereocenters. The van der Waals surface area contributed by atoms with E-state index < -0.39 is 21.7 Å². The second-order valence-electron chi connectivity index (χ2n) is 7.74. The van der Waals surface area contributed by atoms with Crippen molar-refractivity contribution in [3.05, 3.63) is 53.2 Å². The lowest BCUT2D eigenvalue weighted by Gasteiger charge is -2.29. The monoisotopic (exact) mass is 448 g/mol. The van der Waals surface area contributed by atoms with Gasteiger partial charge in [0.05, 0.1) is 43.0 Å². The lowest BCUT2D eigenvalue weighted by atomic mass is 10.2. The van der Waals surface area contributed by atoms with E-state index in [9.17, 15) is 22.5 Å². The Morgan fingerprint density at radius 2 is 1.97 bits per heavy atom. The molecule has 0 spiro atoms. The summed E-state index contributed by atoms with van der Waals surface area (Å²) in [6, 6.07) is 6.59. The summed E-state index contributed by atoms with van der Waals surface area (Å²) >= 11 is 0. The second-order valence-corrected chi connectivity index (χ2v) is 9.68. The van der Waals surface area contributed by atoms with Crippen LogP contribution in [0.2, 0.25) is 0 Å². The van der Waals surface area contributed by atoms with Crippen molar-refractivity contribution < 1.29 is 21.9 Å². The van der Waals surface area contributed by atoms with Gasteiger partial charge in [0.1, 0.15) is 23.5 Å². The van der Waals surface area contributed by atoms with E-state index in [4.69, 9.17) is 4.74 Å². The fourth-order valence-corrected chi connectivity index (χ4v) is 5.39. The summed E-state index contributed by atoms with van der Waals surface area (Å²) in [6.45, 7) is 1.86. The SMILES string of the molecule is N#Cc1cc(N(Cc2ccc(F)cc2F)S(=O)(=O)CC2CC2)cnc1N1CCOCC1. The maximum Gasteiger partial charge on any atom is 0.235 e. The standard InChI is InChI=1S/C21H22F2N4O3S/c22-18-4-3-16(20(23)10-18)13-27(31(28,29)14-15-1-2-15)19-9-17(11-24)21(25-12-19)26-5-7-30-8-6-26/h3-4,9-10,12,15H,1-2,5-8,13-14H2. The van der Waals surface area contributed by atoms with Crippen LogP contribution in [0.4, 0.5) is 20.3 Å². The average molecular weight is 448 g/mol. The first-order valence-corrected chi connectivity index (χ1v) is 11.7. The Kier molecular flexibility index (Phi) is 6.07. The lowest BCUT2D eigenvalue weighted by Crippen LogP contribution is -2.37. The van der Waals surface area contributed by atoms with E-state index in [1.54, 1.807) is 0 Å². The molecular formula is C21H22F2N4O3S. The van der Waals surface area contributed by atoms with Gasteiger partial charge in [0, 0.05) is 24.7 Å². The van der Waals surface area contributed by atoms with E-state index in [0.29, 0.717) is 32.1 Å². The van der Waals surface area contributed by atoms with Gasteiger partial charge < -0.3 is 9.64 Å². The molecule has 1 aromatic carbocycles. The van der Waals surface area contributed by atoms with Gasteiger partial charge in [-0.15, -0.1) is 0 Å². The Bertz CT molecular complexity index is 1110. The molecule has 0 atom stereocenters. The van der Waals surface area contributed by atoms with Crippen LogP contribution in [0.5, 0.6) is 0 Å². The summed E-state index contributed by atoms with van der Waals surface area (Å²) in [4.78, 5) is 6.28. The van der Waals surface area contributed by atoms with Gasteiger partial charge >= 0.3 is 0 Å². The number of hydrogen-bond donors (Lipinski definition) is 0. The smallest absolute Gasteiger partial charge is 0.235 e. The molecule has 4 rings (SSSR count). The van der Waals surface area contributed by atoms with Crippen LogP contribution in [-0.4, -0.2) is 45.5 Å². The third-order valence-electron chi connectivity index (χ3n) is 5.38. The van der Waals surface area contributed by atoms with Crippen molar-refractivity contribution in [1.82, 2.24) is 4.98 Å². The summed E-state index contributed by atoms with van der Waals surface area (Å²) in [5.74, 6) is -1.10. The summed E-state index contributed by atoms with van der Waals surface area (Å²) in [5, 5.41) is 9.66. The molecule has 0 amide bonds. The number of benzene rings is 1. The van der Waals surface area contributed by atoms with Gasteiger partial charge in [-0.3, -0.25) is 4.31 Å². The number of nitrogens with zero attached hydrogens (tertiary/aromatic N) is 4. The number of morpholine rings is 1. The number of pyridine rings is 1. The number of aromatic nitrogens is 1. The highest BCUT2D eigenvalue weighted by Crippen LogP contribution is 2.34. The Balaban J connectivity index is 1.71. The highest BCUT2D eigenvalue weighted by molar-refractivity contribution is 7.92. The van der Waals surface area contributed by atoms with Crippen LogP contribution >= 0.6 is 0 Å². The number of anilines is 2. The molecular weight excluding hydrogens is 426 g/mol. The quantitative estimate of drug-likeness (QED) is 0.648. The maximum atomic E-state index is 14.3. The van der Waals surface area contributed by atoms with Crippen molar-refractivity contribution in [3.63, 3.8) is 0 Å². The van der Waals surface area contributed by atoms with Gasteiger partial charge in [-0.2, -0.15) is 5.26 Å². The molecule has 31 heavy (non-hydrogen) atoms. The molecule has 2 aromatic rings. The topological polar surface area (TPSA) is 86.5 Å². The van der Waals surface area contributed by atoms with Crippen molar-refractivity contribution in [1.29, 1.82) is 5.26 Å². The van der Waals surface area contributed by atoms with Crippen molar-refractivity contribution in [2.75, 3.05) is 41.3 Å². The fraction of sp³-hybridized carbons (Fsp3) is 0.429. The molecule has 164 valence electrons. The minimum Gasteiger partial charge on any atom is -0.378 e. The van der Waals surface area contributed by atoms with E-state index in [1.165, 1.54) is 18.3 Å². The summed E-state index contributed by atoms with van der Waals surface area (Å²) in [7, 11) is -3.81. The van der Waals surface area contributed by atoms with Gasteiger partial charge in [-0.05, 0) is 30.9 Å². The Labute approximate surface area is 179 Å². The molecule has 1 saturated carbocycles. The lowest BCUT2D eigenvalue weighted by molar-refractivity contribution is 0.122. The molecule has 0 N–H and O–H groups in total. The summed E-state index contributed by atoms with van der Waals surface area (Å²) < 4.78 is 60.3. The van der Waals surface area contributed by atoms with Crippen LogP contribution in [0.3, 0.4) is 0 Å². The summed E-state index contributed by atoms with van der Waals surface area (Å²) in [6.07, 6.45) is 3.04. The van der Waals surface area contributed by atoms with Gasteiger partial charge in [-0.1, -0.05) is 6.07 Å². The number of ether oxygens (including phenoxy) is 1. The largest absolute Gasteiger partial charge is 0.378 e. The van der Waals surface area contributed by atoms with Crippen LogP contribution in [0, 0.1) is 28.9 Å². The zero-order chi connectivity index (χ0) is 22.0. The third-order valence-corrected chi connectivity index (χ3v) is 7.28. The molecule has 0 radical (unpaired) electrons. The highest BCUT2D eigenvalue weighted by Gasteiger charge is 2.33. The predicted molar refractivity (Wildman–Crippen MR) is 111 cm³/mol. The first kappa shape index (κ1) is 21.5. The molecule has 2 fully saturated rings. The van der Waals surface area contributed by atoms with Crippen LogP contribution < -0.4 is 9.21 Å². The number of sulfonamides is 1. The first-order valence-electron chi connectivity index (χ1n) is 10.0. The zero-order valence-electron chi connectivity index (χ0n) is 16.8. The number of hydrogen-bond acceptors (Lipinski definition) is 6. The van der Waals surface area contributed by atoms with Gasteiger partial charge in [0.2, 0.25) is 10.0 Å². The molecule has 1 aliphatic carbocycles. The third kappa shape index (κ3) is 4.94. The van der Waals surface area contributed by atoms with Crippen LogP contribution in [0.25, 0.3) is 0 Å². The first-order chi connectivity index (χ1) is 14.9. The number of rotatable bonds is 7. The van der Waals surface area contributed by atoms with Crippen LogP contribution in [-0.2, 0) is 21.3 Å². The molecule has 2 aliphatic rings. The van der Waals surface area contributed by atoms with E-state index in [-0.39, 0.29) is 35.0 Å². The predicted octanol–water partition coefficient (Wildman–Crippen LogP) is 2.81. The van der Waals surface area contributed by atoms with Crippen molar-refractivity contribution in [3.8, 4) is 6.07 Å². The van der Waals surface area contributed by atoms with Crippen molar-refractivity contribution >= 4 is 21.5 Å². The van der Waals surface area contributed by atoms with Crippen LogP contribution in [0.15, 0.2) is 30.5 Å². The minimum atomic E-state index is -3.81. The molecule has 2 heterocycles. The molecule has 1 saturated heterocycles. The van der Waals surface area contributed by atoms with E-state index in [0.717, 1.165) is 29.3 Å². The highest BCUT2D eigenvalue weighted by atomic mass is 32.2. The fourth-order valence-electron chi connectivity index (χ4n) is 3.52. The van der Waals surface area contributed by atoms with Gasteiger partial charge in [0.25, 0.3) is 0 Å². The van der Waals surface area contributed by atoms with E-state index in [2.05, 4.69) is 11.1 Å². The van der Waals surface area contributed by atoms with Gasteiger partial charge in [-0.25, -0.2) is 22.2 Å². The zero-order valence-corrected chi connectivity index (χ0v) is 17.6. The molecule has 0 bridgehead atoms. The van der Waals surface area contributed by atoms with Crippen molar-refractivity contribution in [2.45, 2.75) is 19.4 Å². The minimum absolute atomic E-state index is 0.0385. The molecule has 1 aliphatic heterocycles. The number of nitriles is 1. The Morgan fingerprint density at radius 3 is 2.61 bits per heavy atom. The molecule has 10 heteroatoms.